The van der Waals surface area contributed by atoms with E-state index in [1.54, 1.807) is 16.0 Å². The highest BCUT2D eigenvalue weighted by molar-refractivity contribution is 7.11. The first-order valence-electron chi connectivity index (χ1n) is 6.08. The fourth-order valence-electron chi connectivity index (χ4n) is 1.81. The molecule has 1 amide bonds. The molecule has 0 bridgehead atoms. The lowest BCUT2D eigenvalue weighted by Crippen LogP contribution is -2.27. The van der Waals surface area contributed by atoms with Crippen LogP contribution in [0.4, 0.5) is 0 Å². The van der Waals surface area contributed by atoms with E-state index < -0.39 is 0 Å². The van der Waals surface area contributed by atoms with E-state index in [1.165, 1.54) is 6.33 Å². The number of nitrogens with zero attached hydrogens (tertiary/aromatic N) is 4. The van der Waals surface area contributed by atoms with Gasteiger partial charge in [0.05, 0.1) is 17.1 Å². The fraction of sp³-hybridized carbons (Fsp3) is 0.500. The number of nitrogens with one attached hydrogen (secondary N) is 1. The molecule has 0 radical (unpaired) electrons. The maximum Gasteiger partial charge on any atom is 0.225 e. The Bertz CT molecular complexity index is 574. The summed E-state index contributed by atoms with van der Waals surface area (Å²) in [5.74, 6) is 0.888. The van der Waals surface area contributed by atoms with Gasteiger partial charge in [0.1, 0.15) is 12.2 Å². The van der Waals surface area contributed by atoms with Gasteiger partial charge in [0.15, 0.2) is 0 Å². The first-order chi connectivity index (χ1) is 9.06. The number of thiazole rings is 1. The zero-order valence-corrected chi connectivity index (χ0v) is 12.1. The van der Waals surface area contributed by atoms with Crippen LogP contribution in [0.5, 0.6) is 0 Å². The largest absolute Gasteiger partial charge is 0.355 e. The van der Waals surface area contributed by atoms with Crippen molar-refractivity contribution in [2.24, 2.45) is 7.05 Å². The van der Waals surface area contributed by atoms with Crippen LogP contribution in [0.15, 0.2) is 6.33 Å². The molecule has 0 aliphatic rings. The normalized spacial score (nSPS) is 10.7. The van der Waals surface area contributed by atoms with Gasteiger partial charge < -0.3 is 5.32 Å². The van der Waals surface area contributed by atoms with Crippen molar-refractivity contribution in [1.82, 2.24) is 25.1 Å². The van der Waals surface area contributed by atoms with Crippen molar-refractivity contribution in [2.75, 3.05) is 6.54 Å². The van der Waals surface area contributed by atoms with Gasteiger partial charge in [-0.2, -0.15) is 5.10 Å². The average Bonchev–Trinajstić information content (AvgIpc) is 2.86. The first-order valence-corrected chi connectivity index (χ1v) is 6.90. The molecule has 0 unspecified atom stereocenters. The minimum Gasteiger partial charge on any atom is -0.355 e. The van der Waals surface area contributed by atoms with Gasteiger partial charge in [-0.05, 0) is 13.8 Å². The second-order valence-electron chi connectivity index (χ2n) is 4.32. The molecule has 2 aromatic rings. The standard InChI is InChI=1S/C12H17N5OS/c1-8-10(19-9(2)16-8)6-12(18)13-5-4-11-14-7-15-17(11)3/h7H,4-6H2,1-3H3,(H,13,18). The number of hydrogen-bond acceptors (Lipinski definition) is 5. The minimum atomic E-state index is 0.0221. The van der Waals surface area contributed by atoms with E-state index in [1.807, 2.05) is 20.9 Å². The fourth-order valence-corrected chi connectivity index (χ4v) is 2.74. The highest BCUT2D eigenvalue weighted by Crippen LogP contribution is 2.17. The Hall–Kier alpha value is -1.76. The monoisotopic (exact) mass is 279 g/mol. The predicted molar refractivity (Wildman–Crippen MR) is 73.0 cm³/mol. The predicted octanol–water partition coefficient (Wildman–Crippen LogP) is 0.790. The number of carbonyl (C=O) groups excluding carboxylic acids is 1. The quantitative estimate of drug-likeness (QED) is 0.878. The number of rotatable bonds is 5. The molecule has 0 atom stereocenters. The number of carbonyl (C=O) groups is 1. The molecular weight excluding hydrogens is 262 g/mol. The molecular formula is C12H17N5OS. The van der Waals surface area contributed by atoms with E-state index in [0.717, 1.165) is 21.4 Å². The lowest BCUT2D eigenvalue weighted by Gasteiger charge is -2.04. The van der Waals surface area contributed by atoms with E-state index in [4.69, 9.17) is 0 Å². The summed E-state index contributed by atoms with van der Waals surface area (Å²) in [6.45, 7) is 4.46. The van der Waals surface area contributed by atoms with Gasteiger partial charge in [0.2, 0.25) is 5.91 Å². The van der Waals surface area contributed by atoms with Gasteiger partial charge in [-0.3, -0.25) is 9.48 Å². The Morgan fingerprint density at radius 3 is 2.84 bits per heavy atom. The van der Waals surface area contributed by atoms with E-state index in [-0.39, 0.29) is 5.91 Å². The molecule has 0 aliphatic heterocycles. The van der Waals surface area contributed by atoms with Crippen molar-refractivity contribution < 1.29 is 4.79 Å². The number of amides is 1. The second kappa shape index (κ2) is 5.92. The summed E-state index contributed by atoms with van der Waals surface area (Å²) in [6.07, 6.45) is 2.60. The van der Waals surface area contributed by atoms with E-state index in [0.29, 0.717) is 19.4 Å². The lowest BCUT2D eigenvalue weighted by molar-refractivity contribution is -0.120. The summed E-state index contributed by atoms with van der Waals surface area (Å²) in [5.41, 5.74) is 0.950. The first kappa shape index (κ1) is 13.7. The SMILES string of the molecule is Cc1nc(C)c(CC(=O)NCCc2ncnn2C)s1. The van der Waals surface area contributed by atoms with Crippen LogP contribution in [0, 0.1) is 13.8 Å². The van der Waals surface area contributed by atoms with Crippen LogP contribution < -0.4 is 5.32 Å². The molecule has 102 valence electrons. The van der Waals surface area contributed by atoms with Crippen LogP contribution in [0.3, 0.4) is 0 Å². The molecule has 0 fully saturated rings. The minimum absolute atomic E-state index is 0.0221. The number of aromatic nitrogens is 4. The molecule has 7 heteroatoms. The zero-order chi connectivity index (χ0) is 13.8. The molecule has 0 aliphatic carbocycles. The molecule has 0 aromatic carbocycles. The topological polar surface area (TPSA) is 72.7 Å². The second-order valence-corrected chi connectivity index (χ2v) is 5.61. The molecule has 2 heterocycles. The third-order valence-corrected chi connectivity index (χ3v) is 3.87. The van der Waals surface area contributed by atoms with Crippen LogP contribution in [0.2, 0.25) is 0 Å². The van der Waals surface area contributed by atoms with E-state index >= 15 is 0 Å². The maximum atomic E-state index is 11.8. The Balaban J connectivity index is 1.79. The van der Waals surface area contributed by atoms with Crippen molar-refractivity contribution in [2.45, 2.75) is 26.7 Å². The molecule has 0 saturated heterocycles. The molecule has 0 saturated carbocycles. The van der Waals surface area contributed by atoms with Gasteiger partial charge in [0.25, 0.3) is 0 Å². The molecule has 6 nitrogen and oxygen atoms in total. The van der Waals surface area contributed by atoms with E-state index in [2.05, 4.69) is 20.4 Å². The van der Waals surface area contributed by atoms with Crippen molar-refractivity contribution in [3.63, 3.8) is 0 Å². The van der Waals surface area contributed by atoms with Crippen LogP contribution >= 0.6 is 11.3 Å². The average molecular weight is 279 g/mol. The molecule has 1 N–H and O–H groups in total. The molecule has 0 spiro atoms. The van der Waals surface area contributed by atoms with Crippen LogP contribution in [0.25, 0.3) is 0 Å². The smallest absolute Gasteiger partial charge is 0.225 e. The van der Waals surface area contributed by atoms with Crippen molar-refractivity contribution in [1.29, 1.82) is 0 Å². The summed E-state index contributed by atoms with van der Waals surface area (Å²) >= 11 is 1.58. The molecule has 2 rings (SSSR count). The van der Waals surface area contributed by atoms with Gasteiger partial charge in [-0.15, -0.1) is 11.3 Å². The van der Waals surface area contributed by atoms with Crippen LogP contribution in [-0.4, -0.2) is 32.2 Å². The number of aryl methyl sites for hydroxylation is 3. The van der Waals surface area contributed by atoms with Crippen LogP contribution in [0.1, 0.15) is 21.4 Å². The van der Waals surface area contributed by atoms with Crippen molar-refractivity contribution >= 4 is 17.2 Å². The summed E-state index contributed by atoms with van der Waals surface area (Å²) in [6, 6.07) is 0. The Morgan fingerprint density at radius 1 is 1.47 bits per heavy atom. The zero-order valence-electron chi connectivity index (χ0n) is 11.3. The van der Waals surface area contributed by atoms with Gasteiger partial charge in [0, 0.05) is 24.9 Å². The maximum absolute atomic E-state index is 11.8. The lowest BCUT2D eigenvalue weighted by atomic mass is 10.3. The summed E-state index contributed by atoms with van der Waals surface area (Å²) in [5, 5.41) is 7.87. The van der Waals surface area contributed by atoms with Gasteiger partial charge >= 0.3 is 0 Å². The van der Waals surface area contributed by atoms with Crippen molar-refractivity contribution in [3.8, 4) is 0 Å². The summed E-state index contributed by atoms with van der Waals surface area (Å²) < 4.78 is 1.71. The van der Waals surface area contributed by atoms with Crippen LogP contribution in [-0.2, 0) is 24.7 Å². The third kappa shape index (κ3) is 3.60. The van der Waals surface area contributed by atoms with Crippen molar-refractivity contribution in [3.05, 3.63) is 27.7 Å². The van der Waals surface area contributed by atoms with Gasteiger partial charge in [-0.25, -0.2) is 9.97 Å². The summed E-state index contributed by atoms with van der Waals surface area (Å²) in [7, 11) is 1.84. The Kier molecular flexibility index (Phi) is 4.26. The Labute approximate surface area is 115 Å². The molecule has 19 heavy (non-hydrogen) atoms. The highest BCUT2D eigenvalue weighted by atomic mass is 32.1. The summed E-state index contributed by atoms with van der Waals surface area (Å²) in [4.78, 5) is 21.3. The number of hydrogen-bond donors (Lipinski definition) is 1. The molecule has 2 aromatic heterocycles. The van der Waals surface area contributed by atoms with Gasteiger partial charge in [-0.1, -0.05) is 0 Å². The Morgan fingerprint density at radius 2 is 2.26 bits per heavy atom. The highest BCUT2D eigenvalue weighted by Gasteiger charge is 2.10. The third-order valence-electron chi connectivity index (χ3n) is 2.80. The van der Waals surface area contributed by atoms with E-state index in [9.17, 15) is 4.79 Å².